The average Bonchev–Trinajstić information content (AvgIpc) is 2.52. The van der Waals surface area contributed by atoms with Gasteiger partial charge in [0.25, 0.3) is 0 Å². The fourth-order valence-corrected chi connectivity index (χ4v) is 2.18. The molecule has 1 nitrogen and oxygen atoms in total. The van der Waals surface area contributed by atoms with Gasteiger partial charge in [0, 0.05) is 12.6 Å². The highest BCUT2D eigenvalue weighted by Crippen LogP contribution is 2.44. The first-order chi connectivity index (χ1) is 4.77. The van der Waals surface area contributed by atoms with E-state index in [1.54, 1.807) is 0 Å². The number of likely N-dealkylation sites (tertiary alicyclic amines) is 1. The fourth-order valence-electron chi connectivity index (χ4n) is 2.18. The first-order valence-corrected chi connectivity index (χ1v) is 4.51. The van der Waals surface area contributed by atoms with E-state index in [1.165, 1.54) is 25.9 Å². The minimum absolute atomic E-state index is 0.861. The summed E-state index contributed by atoms with van der Waals surface area (Å²) in [7, 11) is 0. The monoisotopic (exact) mass is 139 g/mol. The maximum Gasteiger partial charge on any atom is 0.0128 e. The Morgan fingerprint density at radius 1 is 1.50 bits per heavy atom. The van der Waals surface area contributed by atoms with E-state index in [1.807, 2.05) is 0 Å². The Morgan fingerprint density at radius 3 is 2.70 bits per heavy atom. The number of nitrogens with zero attached hydrogens (tertiary/aromatic N) is 1. The summed E-state index contributed by atoms with van der Waals surface area (Å²) in [4.78, 5) is 2.68. The molecule has 2 atom stereocenters. The van der Waals surface area contributed by atoms with Gasteiger partial charge in [-0.2, -0.15) is 0 Å². The number of hydrogen-bond donors (Lipinski definition) is 0. The molecule has 1 aliphatic carbocycles. The predicted molar refractivity (Wildman–Crippen MR) is 42.9 cm³/mol. The molecule has 0 spiro atoms. The molecule has 0 aromatic rings. The highest BCUT2D eigenvalue weighted by atomic mass is 15.2. The van der Waals surface area contributed by atoms with Gasteiger partial charge in [-0.25, -0.2) is 0 Å². The van der Waals surface area contributed by atoms with Crippen LogP contribution in [0.1, 0.15) is 26.7 Å². The van der Waals surface area contributed by atoms with Crippen LogP contribution in [0, 0.1) is 11.8 Å². The standard InChI is InChI=1S/C9H17N/c1-7(2)6-10-4-3-8-5-9(8)10/h7-9H,3-6H2,1-2H3/t8-,9+/m0/s1. The molecule has 0 bridgehead atoms. The van der Waals surface area contributed by atoms with E-state index in [-0.39, 0.29) is 0 Å². The summed E-state index contributed by atoms with van der Waals surface area (Å²) in [5.41, 5.74) is 0. The molecule has 0 radical (unpaired) electrons. The molecule has 58 valence electrons. The zero-order valence-electron chi connectivity index (χ0n) is 7.01. The molecule has 10 heavy (non-hydrogen) atoms. The molecule has 1 heteroatoms. The van der Waals surface area contributed by atoms with Crippen LogP contribution in [0.25, 0.3) is 0 Å². The number of piperidine rings is 1. The number of rotatable bonds is 2. The molecule has 0 amide bonds. The van der Waals surface area contributed by atoms with Crippen molar-refractivity contribution in [2.45, 2.75) is 32.7 Å². The van der Waals surface area contributed by atoms with Crippen molar-refractivity contribution in [3.63, 3.8) is 0 Å². The first kappa shape index (κ1) is 6.66. The second-order valence-corrected chi connectivity index (χ2v) is 4.24. The largest absolute Gasteiger partial charge is 0.300 e. The molecule has 1 saturated heterocycles. The quantitative estimate of drug-likeness (QED) is 0.563. The zero-order valence-corrected chi connectivity index (χ0v) is 7.01. The van der Waals surface area contributed by atoms with E-state index >= 15 is 0 Å². The summed E-state index contributed by atoms with van der Waals surface area (Å²) in [5.74, 6) is 1.97. The van der Waals surface area contributed by atoms with Crippen LogP contribution in [0.2, 0.25) is 0 Å². The van der Waals surface area contributed by atoms with Gasteiger partial charge in [0.15, 0.2) is 0 Å². The van der Waals surface area contributed by atoms with Gasteiger partial charge in [-0.3, -0.25) is 4.90 Å². The fraction of sp³-hybridized carbons (Fsp3) is 1.00. The molecule has 0 aromatic heterocycles. The summed E-state index contributed by atoms with van der Waals surface area (Å²) < 4.78 is 0. The number of hydrogen-bond acceptors (Lipinski definition) is 1. The Balaban J connectivity index is 1.82. The number of fused-ring (bicyclic) bond motifs is 1. The summed E-state index contributed by atoms with van der Waals surface area (Å²) in [6.07, 6.45) is 2.99. The van der Waals surface area contributed by atoms with Gasteiger partial charge in [0.05, 0.1) is 0 Å². The lowest BCUT2D eigenvalue weighted by Crippen LogP contribution is -2.27. The molecule has 0 aromatic carbocycles. The molecule has 2 fully saturated rings. The third kappa shape index (κ3) is 1.07. The van der Waals surface area contributed by atoms with Gasteiger partial charge in [-0.15, -0.1) is 0 Å². The topological polar surface area (TPSA) is 3.24 Å². The molecular weight excluding hydrogens is 122 g/mol. The highest BCUT2D eigenvalue weighted by Gasteiger charge is 2.46. The van der Waals surface area contributed by atoms with Crippen molar-refractivity contribution in [2.75, 3.05) is 13.1 Å². The maximum atomic E-state index is 2.68. The van der Waals surface area contributed by atoms with Crippen molar-refractivity contribution >= 4 is 0 Å². The van der Waals surface area contributed by atoms with Crippen molar-refractivity contribution in [1.82, 2.24) is 4.90 Å². The van der Waals surface area contributed by atoms with E-state index in [0.717, 1.165) is 17.9 Å². The Hall–Kier alpha value is -0.0400. The third-order valence-electron chi connectivity index (χ3n) is 2.74. The molecule has 1 saturated carbocycles. The summed E-state index contributed by atoms with van der Waals surface area (Å²) in [6.45, 7) is 7.35. The molecule has 1 aliphatic heterocycles. The van der Waals surface area contributed by atoms with Crippen molar-refractivity contribution in [3.05, 3.63) is 0 Å². The average molecular weight is 139 g/mol. The Labute approximate surface area is 63.4 Å². The summed E-state index contributed by atoms with van der Waals surface area (Å²) in [6, 6.07) is 1.02. The van der Waals surface area contributed by atoms with E-state index in [9.17, 15) is 0 Å². The van der Waals surface area contributed by atoms with Crippen molar-refractivity contribution < 1.29 is 0 Å². The van der Waals surface area contributed by atoms with Crippen molar-refractivity contribution in [1.29, 1.82) is 0 Å². The van der Waals surface area contributed by atoms with Crippen LogP contribution in [0.4, 0.5) is 0 Å². The first-order valence-electron chi connectivity index (χ1n) is 4.51. The summed E-state index contributed by atoms with van der Waals surface area (Å²) in [5, 5.41) is 0. The minimum Gasteiger partial charge on any atom is -0.300 e. The molecule has 0 N–H and O–H groups in total. The SMILES string of the molecule is CC(C)CN1CC[C@H]2C[C@H]21. The van der Waals surface area contributed by atoms with Crippen molar-refractivity contribution in [2.24, 2.45) is 11.8 Å². The van der Waals surface area contributed by atoms with Crippen LogP contribution >= 0.6 is 0 Å². The van der Waals surface area contributed by atoms with Crippen LogP contribution < -0.4 is 0 Å². The molecule has 2 rings (SSSR count). The third-order valence-corrected chi connectivity index (χ3v) is 2.74. The van der Waals surface area contributed by atoms with Gasteiger partial charge < -0.3 is 0 Å². The highest BCUT2D eigenvalue weighted by molar-refractivity contribution is 5.00. The second-order valence-electron chi connectivity index (χ2n) is 4.24. The minimum atomic E-state index is 0.861. The van der Waals surface area contributed by atoms with Crippen molar-refractivity contribution in [3.8, 4) is 0 Å². The van der Waals surface area contributed by atoms with E-state index < -0.39 is 0 Å². The second kappa shape index (κ2) is 2.23. The van der Waals surface area contributed by atoms with E-state index in [4.69, 9.17) is 0 Å². The smallest absolute Gasteiger partial charge is 0.0128 e. The van der Waals surface area contributed by atoms with E-state index in [2.05, 4.69) is 18.7 Å². The van der Waals surface area contributed by atoms with Crippen LogP contribution in [0.5, 0.6) is 0 Å². The Bertz CT molecular complexity index is 131. The lowest BCUT2D eigenvalue weighted by molar-refractivity contribution is 0.265. The van der Waals surface area contributed by atoms with Gasteiger partial charge in [0.1, 0.15) is 0 Å². The van der Waals surface area contributed by atoms with Crippen LogP contribution in [-0.2, 0) is 0 Å². The zero-order chi connectivity index (χ0) is 7.14. The maximum absolute atomic E-state index is 2.68. The molecular formula is C9H17N. The van der Waals surface area contributed by atoms with Gasteiger partial charge in [0.2, 0.25) is 0 Å². The summed E-state index contributed by atoms with van der Waals surface area (Å²) >= 11 is 0. The lowest BCUT2D eigenvalue weighted by atomic mass is 10.2. The van der Waals surface area contributed by atoms with Gasteiger partial charge in [-0.1, -0.05) is 13.8 Å². The Kier molecular flexibility index (Phi) is 1.48. The normalized spacial score (nSPS) is 38.7. The van der Waals surface area contributed by atoms with Crippen LogP contribution in [0.3, 0.4) is 0 Å². The van der Waals surface area contributed by atoms with Crippen LogP contribution in [0.15, 0.2) is 0 Å². The van der Waals surface area contributed by atoms with Gasteiger partial charge >= 0.3 is 0 Å². The lowest BCUT2D eigenvalue weighted by Gasteiger charge is -2.19. The Morgan fingerprint density at radius 2 is 2.30 bits per heavy atom. The van der Waals surface area contributed by atoms with Crippen LogP contribution in [-0.4, -0.2) is 24.0 Å². The predicted octanol–water partition coefficient (Wildman–Crippen LogP) is 1.74. The molecule has 1 heterocycles. The van der Waals surface area contributed by atoms with Gasteiger partial charge in [-0.05, 0) is 31.2 Å². The molecule has 0 unspecified atom stereocenters. The van der Waals surface area contributed by atoms with E-state index in [0.29, 0.717) is 0 Å². The molecule has 2 aliphatic rings.